The van der Waals surface area contributed by atoms with Gasteiger partial charge in [-0.2, -0.15) is 4.98 Å². The lowest BCUT2D eigenvalue weighted by Crippen LogP contribution is -2.39. The van der Waals surface area contributed by atoms with Gasteiger partial charge in [0.1, 0.15) is 6.20 Å². The van der Waals surface area contributed by atoms with Crippen molar-refractivity contribution in [3.63, 3.8) is 0 Å². The molecule has 0 atom stereocenters. The topological polar surface area (TPSA) is 104 Å². The number of hydrogen-bond donors (Lipinski definition) is 2. The van der Waals surface area contributed by atoms with Crippen molar-refractivity contribution >= 4 is 17.5 Å². The van der Waals surface area contributed by atoms with Gasteiger partial charge in [-0.25, -0.2) is 4.98 Å². The van der Waals surface area contributed by atoms with E-state index in [1.54, 1.807) is 11.9 Å². The van der Waals surface area contributed by atoms with E-state index in [2.05, 4.69) is 15.3 Å². The highest BCUT2D eigenvalue weighted by Crippen LogP contribution is 2.33. The lowest BCUT2D eigenvalue weighted by molar-refractivity contribution is -0.384. The van der Waals surface area contributed by atoms with E-state index in [9.17, 15) is 15.2 Å². The van der Waals surface area contributed by atoms with Crippen LogP contribution in [0.15, 0.2) is 6.20 Å². The smallest absolute Gasteiger partial charge is 0.329 e. The van der Waals surface area contributed by atoms with Crippen molar-refractivity contribution in [2.45, 2.75) is 38.2 Å². The first-order chi connectivity index (χ1) is 9.95. The molecule has 2 N–H and O–H groups in total. The Hall–Kier alpha value is -1.96. The third-order valence-electron chi connectivity index (χ3n) is 3.71. The highest BCUT2D eigenvalue weighted by molar-refractivity contribution is 5.58. The molecule has 1 saturated carbocycles. The van der Waals surface area contributed by atoms with Crippen LogP contribution in [0.5, 0.6) is 0 Å². The molecule has 1 fully saturated rings. The monoisotopic (exact) mass is 295 g/mol. The predicted molar refractivity (Wildman–Crippen MR) is 79.5 cm³/mol. The molecule has 1 heterocycles. The maximum atomic E-state index is 11.1. The fourth-order valence-corrected chi connectivity index (χ4v) is 2.73. The minimum absolute atomic E-state index is 0.152. The molecule has 0 spiro atoms. The van der Waals surface area contributed by atoms with Crippen molar-refractivity contribution < 1.29 is 10.0 Å². The Balaban J connectivity index is 2.26. The maximum absolute atomic E-state index is 11.1. The first-order valence-electron chi connectivity index (χ1n) is 7.14. The first-order valence-corrected chi connectivity index (χ1v) is 7.14. The van der Waals surface area contributed by atoms with Gasteiger partial charge in [0, 0.05) is 20.1 Å². The number of nitrogens with zero attached hydrogens (tertiary/aromatic N) is 4. The number of nitro groups is 1. The van der Waals surface area contributed by atoms with Crippen LogP contribution in [0.25, 0.3) is 0 Å². The third kappa shape index (κ3) is 3.57. The molecule has 0 aliphatic heterocycles. The Morgan fingerprint density at radius 1 is 1.52 bits per heavy atom. The number of aromatic nitrogens is 2. The van der Waals surface area contributed by atoms with Crippen molar-refractivity contribution in [2.75, 3.05) is 30.4 Å². The van der Waals surface area contributed by atoms with Gasteiger partial charge in [0.05, 0.1) is 10.5 Å². The highest BCUT2D eigenvalue weighted by atomic mass is 16.6. The number of aliphatic hydroxyl groups is 1. The number of hydrogen-bond acceptors (Lipinski definition) is 7. The van der Waals surface area contributed by atoms with Crippen molar-refractivity contribution in [3.05, 3.63) is 16.3 Å². The zero-order valence-corrected chi connectivity index (χ0v) is 12.4. The van der Waals surface area contributed by atoms with Crippen LogP contribution in [-0.4, -0.2) is 45.7 Å². The molecule has 1 aromatic rings. The molecule has 0 aromatic carbocycles. The Morgan fingerprint density at radius 2 is 2.19 bits per heavy atom. The van der Waals surface area contributed by atoms with Gasteiger partial charge in [0.15, 0.2) is 0 Å². The Morgan fingerprint density at radius 3 is 2.76 bits per heavy atom. The normalized spacial score (nSPS) is 16.7. The molecule has 116 valence electrons. The molecule has 0 radical (unpaired) electrons. The zero-order chi connectivity index (χ0) is 15.5. The molecule has 1 aliphatic rings. The zero-order valence-electron chi connectivity index (χ0n) is 12.4. The molecular formula is C13H21N5O3. The minimum Gasteiger partial charge on any atom is -0.388 e. The first kappa shape index (κ1) is 15.4. The van der Waals surface area contributed by atoms with Crippen molar-refractivity contribution in [1.82, 2.24) is 9.97 Å². The van der Waals surface area contributed by atoms with Gasteiger partial charge in [-0.05, 0) is 19.8 Å². The van der Waals surface area contributed by atoms with Crippen LogP contribution in [-0.2, 0) is 0 Å². The highest BCUT2D eigenvalue weighted by Gasteiger charge is 2.34. The molecule has 0 unspecified atom stereocenters. The van der Waals surface area contributed by atoms with Crippen LogP contribution in [0.3, 0.4) is 0 Å². The predicted octanol–water partition coefficient (Wildman–Crippen LogP) is 1.56. The van der Waals surface area contributed by atoms with Crippen LogP contribution in [0, 0.1) is 10.1 Å². The molecule has 1 aromatic heterocycles. The van der Waals surface area contributed by atoms with Gasteiger partial charge in [0.2, 0.25) is 11.8 Å². The van der Waals surface area contributed by atoms with Gasteiger partial charge in [0.25, 0.3) is 0 Å². The van der Waals surface area contributed by atoms with Crippen LogP contribution in [0.2, 0.25) is 0 Å². The van der Waals surface area contributed by atoms with Crippen molar-refractivity contribution in [2.24, 2.45) is 0 Å². The second kappa shape index (κ2) is 6.21. The summed E-state index contributed by atoms with van der Waals surface area (Å²) in [5.74, 6) is 0.578. The van der Waals surface area contributed by atoms with Gasteiger partial charge in [-0.1, -0.05) is 12.8 Å². The SMILES string of the molecule is CCNc1ncc([N+](=O)[O-])c(N(C)CC2(O)CCCC2)n1. The minimum atomic E-state index is -0.786. The summed E-state index contributed by atoms with van der Waals surface area (Å²) in [6.07, 6.45) is 4.61. The van der Waals surface area contributed by atoms with Crippen LogP contribution >= 0.6 is 0 Å². The Kier molecular flexibility index (Phi) is 4.56. The summed E-state index contributed by atoms with van der Waals surface area (Å²) in [5.41, 5.74) is -0.938. The molecule has 2 rings (SSSR count). The summed E-state index contributed by atoms with van der Waals surface area (Å²) in [6, 6.07) is 0. The fraction of sp³-hybridized carbons (Fsp3) is 0.692. The molecule has 0 bridgehead atoms. The van der Waals surface area contributed by atoms with E-state index < -0.39 is 10.5 Å². The maximum Gasteiger partial charge on any atom is 0.329 e. The van der Waals surface area contributed by atoms with Crippen LogP contribution in [0.1, 0.15) is 32.6 Å². The summed E-state index contributed by atoms with van der Waals surface area (Å²) in [4.78, 5) is 20.4. The van der Waals surface area contributed by atoms with E-state index in [4.69, 9.17) is 0 Å². The average molecular weight is 295 g/mol. The fourth-order valence-electron chi connectivity index (χ4n) is 2.73. The largest absolute Gasteiger partial charge is 0.388 e. The lowest BCUT2D eigenvalue weighted by atomic mass is 10.0. The Labute approximate surface area is 123 Å². The van der Waals surface area contributed by atoms with Crippen molar-refractivity contribution in [3.8, 4) is 0 Å². The van der Waals surface area contributed by atoms with Crippen LogP contribution < -0.4 is 10.2 Å². The molecule has 1 aliphatic carbocycles. The summed E-state index contributed by atoms with van der Waals surface area (Å²) in [7, 11) is 1.71. The standard InChI is InChI=1S/C13H21N5O3/c1-3-14-12-15-8-10(18(20)21)11(16-12)17(2)9-13(19)6-4-5-7-13/h8,19H,3-7,9H2,1-2H3,(H,14,15,16). The summed E-state index contributed by atoms with van der Waals surface area (Å²) >= 11 is 0. The number of rotatable bonds is 6. The number of likely N-dealkylation sites (N-methyl/N-ethyl adjacent to an activating group) is 1. The average Bonchev–Trinajstić information content (AvgIpc) is 2.85. The van der Waals surface area contributed by atoms with E-state index in [1.807, 2.05) is 6.92 Å². The lowest BCUT2D eigenvalue weighted by Gasteiger charge is -2.29. The van der Waals surface area contributed by atoms with Gasteiger partial charge < -0.3 is 15.3 Å². The summed E-state index contributed by atoms with van der Waals surface area (Å²) in [5, 5.41) is 24.5. The van der Waals surface area contributed by atoms with Crippen LogP contribution in [0.4, 0.5) is 17.5 Å². The molecular weight excluding hydrogens is 274 g/mol. The molecule has 21 heavy (non-hydrogen) atoms. The van der Waals surface area contributed by atoms with Gasteiger partial charge >= 0.3 is 5.69 Å². The van der Waals surface area contributed by atoms with E-state index in [0.29, 0.717) is 19.0 Å². The summed E-state index contributed by atoms with van der Waals surface area (Å²) < 4.78 is 0. The second-order valence-electron chi connectivity index (χ2n) is 5.48. The van der Waals surface area contributed by atoms with E-state index in [-0.39, 0.29) is 11.5 Å². The molecule has 0 saturated heterocycles. The number of nitrogens with one attached hydrogen (secondary N) is 1. The van der Waals surface area contributed by atoms with E-state index in [0.717, 1.165) is 25.7 Å². The Bertz CT molecular complexity index is 517. The van der Waals surface area contributed by atoms with E-state index >= 15 is 0 Å². The van der Waals surface area contributed by atoms with Crippen molar-refractivity contribution in [1.29, 1.82) is 0 Å². The second-order valence-corrected chi connectivity index (χ2v) is 5.48. The number of anilines is 2. The van der Waals surface area contributed by atoms with Gasteiger partial charge in [-0.3, -0.25) is 10.1 Å². The quantitative estimate of drug-likeness (QED) is 0.606. The molecule has 8 nitrogen and oxygen atoms in total. The van der Waals surface area contributed by atoms with E-state index in [1.165, 1.54) is 6.20 Å². The summed E-state index contributed by atoms with van der Waals surface area (Å²) in [6.45, 7) is 2.86. The molecule has 8 heteroatoms. The van der Waals surface area contributed by atoms with Gasteiger partial charge in [-0.15, -0.1) is 0 Å². The third-order valence-corrected chi connectivity index (χ3v) is 3.71. The molecule has 0 amide bonds.